The van der Waals surface area contributed by atoms with Gasteiger partial charge < -0.3 is 5.32 Å². The van der Waals surface area contributed by atoms with Gasteiger partial charge in [0.2, 0.25) is 0 Å². The first-order chi connectivity index (χ1) is 8.92. The minimum Gasteiger partial charge on any atom is -0.314 e. The van der Waals surface area contributed by atoms with Crippen LogP contribution in [-0.4, -0.2) is 40.9 Å². The summed E-state index contributed by atoms with van der Waals surface area (Å²) in [5, 5.41) is 7.80. The van der Waals surface area contributed by atoms with E-state index in [-0.39, 0.29) is 12.4 Å². The van der Waals surface area contributed by atoms with Crippen LogP contribution >= 0.6 is 12.4 Å². The average Bonchev–Trinajstić information content (AvgIpc) is 2.89. The van der Waals surface area contributed by atoms with Gasteiger partial charge in [0.1, 0.15) is 0 Å². The van der Waals surface area contributed by atoms with Crippen molar-refractivity contribution in [2.45, 2.75) is 6.54 Å². The minimum absolute atomic E-state index is 0. The summed E-state index contributed by atoms with van der Waals surface area (Å²) >= 11 is 0. The molecule has 0 bridgehead atoms. The van der Waals surface area contributed by atoms with Crippen LogP contribution in [0.4, 0.5) is 0 Å². The maximum absolute atomic E-state index is 4.43. The van der Waals surface area contributed by atoms with Crippen LogP contribution < -0.4 is 5.32 Å². The van der Waals surface area contributed by atoms with Gasteiger partial charge in [-0.3, -0.25) is 4.90 Å². The molecule has 1 saturated heterocycles. The Morgan fingerprint density at radius 1 is 1.11 bits per heavy atom. The summed E-state index contributed by atoms with van der Waals surface area (Å²) in [5.74, 6) is 0. The lowest BCUT2D eigenvalue weighted by Gasteiger charge is -2.26. The molecule has 0 spiro atoms. The Balaban J connectivity index is 0.00000133. The fourth-order valence-corrected chi connectivity index (χ4v) is 2.29. The van der Waals surface area contributed by atoms with Crippen molar-refractivity contribution in [3.05, 3.63) is 48.3 Å². The van der Waals surface area contributed by atoms with E-state index in [0.717, 1.165) is 38.4 Å². The van der Waals surface area contributed by atoms with E-state index in [1.54, 1.807) is 0 Å². The number of benzene rings is 1. The summed E-state index contributed by atoms with van der Waals surface area (Å²) in [6.45, 7) is 5.42. The van der Waals surface area contributed by atoms with E-state index in [4.69, 9.17) is 0 Å². The van der Waals surface area contributed by atoms with Crippen molar-refractivity contribution in [1.82, 2.24) is 20.0 Å². The number of nitrogens with one attached hydrogen (secondary N) is 1. The highest BCUT2D eigenvalue weighted by atomic mass is 35.5. The molecule has 1 aliphatic heterocycles. The number of aromatic nitrogens is 2. The lowest BCUT2D eigenvalue weighted by molar-refractivity contribution is 0.233. The third-order valence-corrected chi connectivity index (χ3v) is 3.27. The highest BCUT2D eigenvalue weighted by Gasteiger charge is 2.11. The molecule has 1 aromatic carbocycles. The predicted molar refractivity (Wildman–Crippen MR) is 79.0 cm³/mol. The molecule has 0 radical (unpaired) electrons. The summed E-state index contributed by atoms with van der Waals surface area (Å²) in [5.41, 5.74) is 2.39. The van der Waals surface area contributed by atoms with Crippen molar-refractivity contribution in [2.75, 3.05) is 26.2 Å². The molecule has 1 aliphatic rings. The third kappa shape index (κ3) is 3.56. The van der Waals surface area contributed by atoms with Crippen molar-refractivity contribution in [3.8, 4) is 5.69 Å². The van der Waals surface area contributed by atoms with E-state index in [1.165, 1.54) is 5.56 Å². The van der Waals surface area contributed by atoms with Gasteiger partial charge in [0.05, 0.1) is 11.9 Å². The van der Waals surface area contributed by atoms with Gasteiger partial charge in [-0.15, -0.1) is 12.4 Å². The van der Waals surface area contributed by atoms with Gasteiger partial charge in [0, 0.05) is 44.5 Å². The van der Waals surface area contributed by atoms with Crippen LogP contribution in [0.1, 0.15) is 5.56 Å². The van der Waals surface area contributed by atoms with Gasteiger partial charge >= 0.3 is 0 Å². The lowest BCUT2D eigenvalue weighted by Crippen LogP contribution is -2.42. The fourth-order valence-electron chi connectivity index (χ4n) is 2.29. The van der Waals surface area contributed by atoms with E-state index in [2.05, 4.69) is 33.6 Å². The van der Waals surface area contributed by atoms with Crippen LogP contribution in [0.3, 0.4) is 0 Å². The highest BCUT2D eigenvalue weighted by molar-refractivity contribution is 5.85. The molecule has 19 heavy (non-hydrogen) atoms. The molecule has 2 aromatic rings. The van der Waals surface area contributed by atoms with E-state index >= 15 is 0 Å². The summed E-state index contributed by atoms with van der Waals surface area (Å²) < 4.78 is 1.94. The van der Waals surface area contributed by atoms with Crippen LogP contribution in [0, 0.1) is 0 Å². The Morgan fingerprint density at radius 3 is 2.58 bits per heavy atom. The second-order valence-electron chi connectivity index (χ2n) is 4.65. The monoisotopic (exact) mass is 278 g/mol. The van der Waals surface area contributed by atoms with E-state index < -0.39 is 0 Å². The number of hydrogen-bond acceptors (Lipinski definition) is 3. The molecule has 1 fully saturated rings. The molecule has 0 unspecified atom stereocenters. The summed E-state index contributed by atoms with van der Waals surface area (Å²) in [6, 6.07) is 10.2. The maximum atomic E-state index is 4.43. The van der Waals surface area contributed by atoms with Crippen molar-refractivity contribution in [3.63, 3.8) is 0 Å². The van der Waals surface area contributed by atoms with Gasteiger partial charge in [-0.05, 0) is 12.1 Å². The molecule has 3 rings (SSSR count). The predicted octanol–water partition coefficient (Wildman–Crippen LogP) is 1.70. The first-order valence-corrected chi connectivity index (χ1v) is 6.44. The van der Waals surface area contributed by atoms with Gasteiger partial charge in [-0.1, -0.05) is 18.2 Å². The molecule has 5 heteroatoms. The normalized spacial score (nSPS) is 16.0. The molecule has 102 valence electrons. The quantitative estimate of drug-likeness (QED) is 0.928. The zero-order valence-corrected chi connectivity index (χ0v) is 11.6. The molecule has 0 atom stereocenters. The zero-order chi connectivity index (χ0) is 12.2. The average molecular weight is 279 g/mol. The second kappa shape index (κ2) is 6.70. The molecule has 0 saturated carbocycles. The highest BCUT2D eigenvalue weighted by Crippen LogP contribution is 2.09. The molecule has 0 amide bonds. The molecular weight excluding hydrogens is 260 g/mol. The smallest absolute Gasteiger partial charge is 0.0645 e. The maximum Gasteiger partial charge on any atom is 0.0645 e. The molecule has 0 aliphatic carbocycles. The Bertz CT molecular complexity index is 491. The van der Waals surface area contributed by atoms with Crippen molar-refractivity contribution in [1.29, 1.82) is 0 Å². The third-order valence-electron chi connectivity index (χ3n) is 3.27. The van der Waals surface area contributed by atoms with Gasteiger partial charge in [-0.2, -0.15) is 5.10 Å². The second-order valence-corrected chi connectivity index (χ2v) is 4.65. The van der Waals surface area contributed by atoms with Gasteiger partial charge in [0.15, 0.2) is 0 Å². The molecule has 1 aromatic heterocycles. The topological polar surface area (TPSA) is 33.1 Å². The molecule has 4 nitrogen and oxygen atoms in total. The Hall–Kier alpha value is -1.36. The summed E-state index contributed by atoms with van der Waals surface area (Å²) in [4.78, 5) is 2.46. The minimum atomic E-state index is 0. The number of nitrogens with zero attached hydrogens (tertiary/aromatic N) is 3. The Morgan fingerprint density at radius 2 is 1.84 bits per heavy atom. The Kier molecular flexibility index (Phi) is 4.96. The number of halogens is 1. The number of rotatable bonds is 3. The van der Waals surface area contributed by atoms with Crippen molar-refractivity contribution in [2.24, 2.45) is 0 Å². The standard InChI is InChI=1S/C14H18N4.ClH/c1-2-4-14(5-3-1)18-12-13(10-16-18)11-17-8-6-15-7-9-17;/h1-5,10,12,15H,6-9,11H2;1H. The fraction of sp³-hybridized carbons (Fsp3) is 0.357. The van der Waals surface area contributed by atoms with Crippen LogP contribution in [0.15, 0.2) is 42.7 Å². The molecule has 2 heterocycles. The van der Waals surface area contributed by atoms with Gasteiger partial charge in [0.25, 0.3) is 0 Å². The van der Waals surface area contributed by atoms with Crippen LogP contribution in [0.5, 0.6) is 0 Å². The van der Waals surface area contributed by atoms with Crippen molar-refractivity contribution < 1.29 is 0 Å². The van der Waals surface area contributed by atoms with Crippen molar-refractivity contribution >= 4 is 12.4 Å². The summed E-state index contributed by atoms with van der Waals surface area (Å²) in [7, 11) is 0. The molecule has 1 N–H and O–H groups in total. The van der Waals surface area contributed by atoms with Crippen LogP contribution in [0.25, 0.3) is 5.69 Å². The number of piperazine rings is 1. The van der Waals surface area contributed by atoms with Crippen LogP contribution in [0.2, 0.25) is 0 Å². The Labute approximate surface area is 119 Å². The van der Waals surface area contributed by atoms with Gasteiger partial charge in [-0.25, -0.2) is 4.68 Å². The van der Waals surface area contributed by atoms with E-state index in [1.807, 2.05) is 29.1 Å². The van der Waals surface area contributed by atoms with E-state index in [0.29, 0.717) is 0 Å². The molecular formula is C14H19ClN4. The van der Waals surface area contributed by atoms with Crippen LogP contribution in [-0.2, 0) is 6.54 Å². The largest absolute Gasteiger partial charge is 0.314 e. The first-order valence-electron chi connectivity index (χ1n) is 6.44. The zero-order valence-electron chi connectivity index (χ0n) is 10.8. The van der Waals surface area contributed by atoms with E-state index in [9.17, 15) is 0 Å². The number of para-hydroxylation sites is 1. The summed E-state index contributed by atoms with van der Waals surface area (Å²) in [6.07, 6.45) is 4.09. The SMILES string of the molecule is Cl.c1ccc(-n2cc(CN3CCNCC3)cn2)cc1. The first kappa shape index (κ1) is 14.1. The number of hydrogen-bond donors (Lipinski definition) is 1. The lowest BCUT2D eigenvalue weighted by atomic mass is 10.3.